The van der Waals surface area contributed by atoms with Crippen LogP contribution in [0.25, 0.3) is 0 Å². The van der Waals surface area contributed by atoms with Crippen molar-refractivity contribution in [3.8, 4) is 5.75 Å². The molecule has 0 fully saturated rings. The lowest BCUT2D eigenvalue weighted by atomic mass is 10.2. The van der Waals surface area contributed by atoms with E-state index in [9.17, 15) is 9.18 Å². The number of anilines is 1. The van der Waals surface area contributed by atoms with E-state index in [0.29, 0.717) is 18.2 Å². The zero-order chi connectivity index (χ0) is 18.1. The van der Waals surface area contributed by atoms with E-state index in [1.807, 2.05) is 24.3 Å². The summed E-state index contributed by atoms with van der Waals surface area (Å²) in [6.45, 7) is 0.538. The summed E-state index contributed by atoms with van der Waals surface area (Å²) in [4.78, 5) is 16.0. The van der Waals surface area contributed by atoms with Crippen LogP contribution in [0.4, 0.5) is 10.1 Å². The third-order valence-electron chi connectivity index (χ3n) is 3.34. The van der Waals surface area contributed by atoms with Gasteiger partial charge in [-0.15, -0.1) is 0 Å². The van der Waals surface area contributed by atoms with Crippen LogP contribution < -0.4 is 20.7 Å². The molecule has 6 nitrogen and oxygen atoms in total. The number of nitrogens with zero attached hydrogens (tertiary/aromatic N) is 1. The van der Waals surface area contributed by atoms with Gasteiger partial charge in [-0.1, -0.05) is 18.2 Å². The zero-order valence-electron chi connectivity index (χ0n) is 14.2. The van der Waals surface area contributed by atoms with Crippen molar-refractivity contribution in [2.45, 2.75) is 6.54 Å². The third-order valence-corrected chi connectivity index (χ3v) is 3.34. The van der Waals surface area contributed by atoms with Crippen LogP contribution in [0.3, 0.4) is 0 Å². The Morgan fingerprint density at radius 1 is 1.16 bits per heavy atom. The number of rotatable bonds is 6. The average molecular weight is 344 g/mol. The maximum Gasteiger partial charge on any atom is 0.243 e. The Labute approximate surface area is 146 Å². The number of guanidine groups is 1. The molecule has 2 aromatic carbocycles. The maximum absolute atomic E-state index is 13.1. The highest BCUT2D eigenvalue weighted by Crippen LogP contribution is 2.12. The number of aliphatic imine (C=N–C) groups is 1. The van der Waals surface area contributed by atoms with Crippen LogP contribution in [0.5, 0.6) is 5.75 Å². The Balaban J connectivity index is 1.80. The van der Waals surface area contributed by atoms with Gasteiger partial charge < -0.3 is 20.7 Å². The number of ether oxygens (including phenoxy) is 1. The van der Waals surface area contributed by atoms with Crippen LogP contribution >= 0.6 is 0 Å². The van der Waals surface area contributed by atoms with Crippen LogP contribution in [0.15, 0.2) is 53.5 Å². The second kappa shape index (κ2) is 9.27. The van der Waals surface area contributed by atoms with E-state index in [-0.39, 0.29) is 12.5 Å². The normalized spacial score (nSPS) is 10.9. The maximum atomic E-state index is 13.1. The van der Waals surface area contributed by atoms with Gasteiger partial charge in [0.1, 0.15) is 11.6 Å². The summed E-state index contributed by atoms with van der Waals surface area (Å²) in [6.07, 6.45) is 0. The van der Waals surface area contributed by atoms with Crippen molar-refractivity contribution in [1.82, 2.24) is 10.6 Å². The fourth-order valence-electron chi connectivity index (χ4n) is 2.12. The van der Waals surface area contributed by atoms with Gasteiger partial charge in [0.2, 0.25) is 5.91 Å². The van der Waals surface area contributed by atoms with Gasteiger partial charge in [-0.25, -0.2) is 4.39 Å². The number of hydrogen-bond donors (Lipinski definition) is 3. The number of methoxy groups -OCH3 is 1. The Kier molecular flexibility index (Phi) is 6.76. The molecule has 0 aliphatic rings. The number of nitrogens with one attached hydrogen (secondary N) is 3. The number of benzene rings is 2. The minimum Gasteiger partial charge on any atom is -0.497 e. The molecule has 1 amide bonds. The van der Waals surface area contributed by atoms with Gasteiger partial charge in [0, 0.05) is 19.3 Å². The summed E-state index contributed by atoms with van der Waals surface area (Å²) in [5.41, 5.74) is 1.43. The fourth-order valence-corrected chi connectivity index (χ4v) is 2.12. The minimum absolute atomic E-state index is 0.00823. The highest BCUT2D eigenvalue weighted by atomic mass is 19.1. The Morgan fingerprint density at radius 2 is 1.96 bits per heavy atom. The van der Waals surface area contributed by atoms with Crippen molar-refractivity contribution in [3.05, 3.63) is 59.9 Å². The van der Waals surface area contributed by atoms with E-state index in [0.717, 1.165) is 11.3 Å². The third kappa shape index (κ3) is 6.14. The van der Waals surface area contributed by atoms with Crippen LogP contribution in [-0.2, 0) is 11.3 Å². The minimum atomic E-state index is -0.401. The van der Waals surface area contributed by atoms with E-state index in [1.165, 1.54) is 18.2 Å². The van der Waals surface area contributed by atoms with Gasteiger partial charge >= 0.3 is 0 Å². The van der Waals surface area contributed by atoms with Crippen molar-refractivity contribution < 1.29 is 13.9 Å². The van der Waals surface area contributed by atoms with E-state index < -0.39 is 5.82 Å². The van der Waals surface area contributed by atoms with Gasteiger partial charge in [-0.05, 0) is 35.9 Å². The molecule has 0 radical (unpaired) electrons. The average Bonchev–Trinajstić information content (AvgIpc) is 2.62. The summed E-state index contributed by atoms with van der Waals surface area (Å²) in [5, 5.41) is 8.62. The van der Waals surface area contributed by atoms with Crippen molar-refractivity contribution in [3.63, 3.8) is 0 Å². The Morgan fingerprint density at radius 3 is 2.68 bits per heavy atom. The number of halogens is 1. The molecular weight excluding hydrogens is 323 g/mol. The predicted molar refractivity (Wildman–Crippen MR) is 96.2 cm³/mol. The molecule has 132 valence electrons. The lowest BCUT2D eigenvalue weighted by molar-refractivity contribution is -0.115. The fraction of sp³-hybridized carbons (Fsp3) is 0.222. The molecule has 2 rings (SSSR count). The lowest BCUT2D eigenvalue weighted by Crippen LogP contribution is -2.41. The number of amides is 1. The molecule has 0 atom stereocenters. The van der Waals surface area contributed by atoms with Crippen LogP contribution in [0.1, 0.15) is 5.56 Å². The molecule has 0 aromatic heterocycles. The van der Waals surface area contributed by atoms with Gasteiger partial charge in [-0.3, -0.25) is 9.79 Å². The molecule has 0 aliphatic carbocycles. The molecule has 0 heterocycles. The molecule has 0 bridgehead atoms. The molecule has 0 spiro atoms. The largest absolute Gasteiger partial charge is 0.497 e. The van der Waals surface area contributed by atoms with Gasteiger partial charge in [0.25, 0.3) is 0 Å². The summed E-state index contributed by atoms with van der Waals surface area (Å²) in [5.74, 6) is 0.561. The van der Waals surface area contributed by atoms with Gasteiger partial charge in [-0.2, -0.15) is 0 Å². The Bertz CT molecular complexity index is 749. The smallest absolute Gasteiger partial charge is 0.243 e. The van der Waals surface area contributed by atoms with Crippen molar-refractivity contribution in [1.29, 1.82) is 0 Å². The highest BCUT2D eigenvalue weighted by molar-refractivity contribution is 5.94. The zero-order valence-corrected chi connectivity index (χ0v) is 14.2. The van der Waals surface area contributed by atoms with Crippen LogP contribution in [-0.4, -0.2) is 32.6 Å². The second-order valence-electron chi connectivity index (χ2n) is 5.19. The first kappa shape index (κ1) is 18.3. The first-order valence-corrected chi connectivity index (χ1v) is 7.73. The first-order chi connectivity index (χ1) is 12.1. The summed E-state index contributed by atoms with van der Waals surface area (Å²) in [6, 6.07) is 13.4. The first-order valence-electron chi connectivity index (χ1n) is 7.73. The van der Waals surface area contributed by atoms with E-state index in [4.69, 9.17) is 4.74 Å². The molecule has 0 saturated carbocycles. The summed E-state index contributed by atoms with van der Waals surface area (Å²) in [7, 11) is 3.23. The van der Waals surface area contributed by atoms with Crippen molar-refractivity contribution >= 4 is 17.6 Å². The SMILES string of the molecule is CN=C(NCC(=O)Nc1cccc(F)c1)NCc1cccc(OC)c1. The van der Waals surface area contributed by atoms with Crippen molar-refractivity contribution in [2.24, 2.45) is 4.99 Å². The molecule has 0 aliphatic heterocycles. The molecule has 2 aromatic rings. The quantitative estimate of drug-likeness (QED) is 0.554. The highest BCUT2D eigenvalue weighted by Gasteiger charge is 2.05. The molecule has 25 heavy (non-hydrogen) atoms. The van der Waals surface area contributed by atoms with Gasteiger partial charge in [0.15, 0.2) is 5.96 Å². The standard InChI is InChI=1S/C18H21FN4O2/c1-20-18(21-11-13-5-3-8-16(9-13)25-2)22-12-17(24)23-15-7-4-6-14(19)10-15/h3-10H,11-12H2,1-2H3,(H,23,24)(H2,20,21,22). The molecular formula is C18H21FN4O2. The van der Waals surface area contributed by atoms with Crippen molar-refractivity contribution in [2.75, 3.05) is 26.0 Å². The topological polar surface area (TPSA) is 74.8 Å². The van der Waals surface area contributed by atoms with E-state index in [1.54, 1.807) is 20.2 Å². The van der Waals surface area contributed by atoms with Crippen LogP contribution in [0.2, 0.25) is 0 Å². The molecule has 0 unspecified atom stereocenters. The molecule has 0 saturated heterocycles. The second-order valence-corrected chi connectivity index (χ2v) is 5.19. The molecule has 7 heteroatoms. The van der Waals surface area contributed by atoms with E-state index in [2.05, 4.69) is 20.9 Å². The summed E-state index contributed by atoms with van der Waals surface area (Å²) < 4.78 is 18.3. The van der Waals surface area contributed by atoms with Gasteiger partial charge in [0.05, 0.1) is 13.7 Å². The lowest BCUT2D eigenvalue weighted by Gasteiger charge is -2.12. The van der Waals surface area contributed by atoms with E-state index >= 15 is 0 Å². The molecule has 3 N–H and O–H groups in total. The summed E-state index contributed by atoms with van der Waals surface area (Å²) >= 11 is 0. The number of carbonyl (C=O) groups is 1. The number of carbonyl (C=O) groups excluding carboxylic acids is 1. The number of hydrogen-bond acceptors (Lipinski definition) is 3. The Hall–Kier alpha value is -3.09. The van der Waals surface area contributed by atoms with Crippen LogP contribution in [0, 0.1) is 5.82 Å². The monoisotopic (exact) mass is 344 g/mol. The predicted octanol–water partition coefficient (Wildman–Crippen LogP) is 2.14.